The molecule has 0 spiro atoms. The highest BCUT2D eigenvalue weighted by Gasteiger charge is 2.36. The number of hydrogen-bond acceptors (Lipinski definition) is 6. The van der Waals surface area contributed by atoms with Crippen LogP contribution in [0.1, 0.15) is 20.3 Å². The van der Waals surface area contributed by atoms with Crippen LogP contribution >= 0.6 is 23.5 Å². The van der Waals surface area contributed by atoms with E-state index in [-0.39, 0.29) is 17.2 Å². The van der Waals surface area contributed by atoms with Gasteiger partial charge in [0.25, 0.3) is 0 Å². The number of nitrogens with zero attached hydrogens (tertiary/aromatic N) is 1. The van der Waals surface area contributed by atoms with Crippen molar-refractivity contribution in [3.8, 4) is 0 Å². The fourth-order valence-electron chi connectivity index (χ4n) is 2.30. The Labute approximate surface area is 126 Å². The van der Waals surface area contributed by atoms with Crippen LogP contribution in [0.4, 0.5) is 0 Å². The standard InChI is InChI=1S/C12H26N2O2S3/c1-3-17-7-5-11(9-13)14-6-8-18-10-12(14)19(15,16)4-2/h11-12H,3-10,13H2,1-2H3. The normalized spacial score (nSPS) is 23.4. The van der Waals surface area contributed by atoms with Gasteiger partial charge in [0.1, 0.15) is 5.37 Å². The van der Waals surface area contributed by atoms with Gasteiger partial charge in [-0.15, -0.1) is 0 Å². The third kappa shape index (κ3) is 5.12. The van der Waals surface area contributed by atoms with Crippen molar-refractivity contribution >= 4 is 33.4 Å². The summed E-state index contributed by atoms with van der Waals surface area (Å²) in [5.74, 6) is 4.07. The largest absolute Gasteiger partial charge is 0.329 e. The highest BCUT2D eigenvalue weighted by atomic mass is 32.2. The quantitative estimate of drug-likeness (QED) is 0.678. The molecule has 0 aromatic carbocycles. The Kier molecular flexibility index (Phi) is 8.13. The molecule has 0 amide bonds. The molecule has 1 fully saturated rings. The smallest absolute Gasteiger partial charge is 0.166 e. The maximum Gasteiger partial charge on any atom is 0.166 e. The third-order valence-electron chi connectivity index (χ3n) is 3.48. The van der Waals surface area contributed by atoms with Crippen molar-refractivity contribution in [2.75, 3.05) is 41.9 Å². The zero-order valence-electron chi connectivity index (χ0n) is 11.9. The molecule has 19 heavy (non-hydrogen) atoms. The minimum atomic E-state index is -3.01. The average molecular weight is 327 g/mol. The van der Waals surface area contributed by atoms with Gasteiger partial charge in [0.15, 0.2) is 9.84 Å². The van der Waals surface area contributed by atoms with Crippen LogP contribution in [0.5, 0.6) is 0 Å². The van der Waals surface area contributed by atoms with Gasteiger partial charge >= 0.3 is 0 Å². The molecule has 114 valence electrons. The van der Waals surface area contributed by atoms with Crippen molar-refractivity contribution in [2.24, 2.45) is 5.73 Å². The van der Waals surface area contributed by atoms with Crippen molar-refractivity contribution in [1.82, 2.24) is 4.90 Å². The zero-order chi connectivity index (χ0) is 14.3. The molecule has 0 bridgehead atoms. The second-order valence-corrected chi connectivity index (χ2v) is 9.58. The molecule has 0 aromatic rings. The van der Waals surface area contributed by atoms with E-state index in [0.717, 1.165) is 30.2 Å². The van der Waals surface area contributed by atoms with Crippen molar-refractivity contribution in [1.29, 1.82) is 0 Å². The molecular weight excluding hydrogens is 300 g/mol. The van der Waals surface area contributed by atoms with Crippen LogP contribution in [-0.4, -0.2) is 66.6 Å². The number of nitrogens with two attached hydrogens (primary N) is 1. The van der Waals surface area contributed by atoms with Gasteiger partial charge in [-0.25, -0.2) is 8.42 Å². The molecule has 7 heteroatoms. The number of hydrogen-bond donors (Lipinski definition) is 1. The fourth-order valence-corrected chi connectivity index (χ4v) is 6.12. The summed E-state index contributed by atoms with van der Waals surface area (Å²) in [6.45, 7) is 5.26. The molecule has 1 aliphatic heterocycles. The van der Waals surface area contributed by atoms with E-state index in [9.17, 15) is 8.42 Å². The van der Waals surface area contributed by atoms with Gasteiger partial charge < -0.3 is 5.73 Å². The summed E-state index contributed by atoms with van der Waals surface area (Å²) < 4.78 is 24.4. The molecule has 0 aliphatic carbocycles. The van der Waals surface area contributed by atoms with Crippen molar-refractivity contribution in [3.05, 3.63) is 0 Å². The first kappa shape index (κ1) is 17.6. The zero-order valence-corrected chi connectivity index (χ0v) is 14.3. The van der Waals surface area contributed by atoms with Gasteiger partial charge in [-0.1, -0.05) is 13.8 Å². The molecule has 0 saturated carbocycles. The van der Waals surface area contributed by atoms with Crippen LogP contribution < -0.4 is 5.73 Å². The lowest BCUT2D eigenvalue weighted by molar-refractivity contribution is 0.192. The highest BCUT2D eigenvalue weighted by Crippen LogP contribution is 2.25. The number of thioether (sulfide) groups is 2. The predicted molar refractivity (Wildman–Crippen MR) is 87.7 cm³/mol. The summed E-state index contributed by atoms with van der Waals surface area (Å²) in [5, 5.41) is -0.337. The topological polar surface area (TPSA) is 63.4 Å². The second-order valence-electron chi connectivity index (χ2n) is 4.59. The fraction of sp³-hybridized carbons (Fsp3) is 1.00. The Bertz CT molecular complexity index is 349. The maximum absolute atomic E-state index is 12.2. The van der Waals surface area contributed by atoms with Crippen LogP contribution in [-0.2, 0) is 9.84 Å². The molecule has 1 heterocycles. The maximum atomic E-state index is 12.2. The van der Waals surface area contributed by atoms with Crippen molar-refractivity contribution in [2.45, 2.75) is 31.7 Å². The molecule has 2 N–H and O–H groups in total. The summed E-state index contributed by atoms with van der Waals surface area (Å²) in [7, 11) is -3.01. The van der Waals surface area contributed by atoms with Gasteiger partial charge in [-0.05, 0) is 17.9 Å². The van der Waals surface area contributed by atoms with Crippen molar-refractivity contribution < 1.29 is 8.42 Å². The van der Waals surface area contributed by atoms with Gasteiger partial charge in [-0.2, -0.15) is 23.5 Å². The molecule has 1 saturated heterocycles. The van der Waals surface area contributed by atoms with Gasteiger partial charge in [0.05, 0.1) is 0 Å². The Morgan fingerprint density at radius 3 is 2.79 bits per heavy atom. The summed E-state index contributed by atoms with van der Waals surface area (Å²) in [6, 6.07) is 0.200. The molecular formula is C12H26N2O2S3. The molecule has 2 atom stereocenters. The van der Waals surface area contributed by atoms with E-state index < -0.39 is 9.84 Å². The average Bonchev–Trinajstić information content (AvgIpc) is 2.44. The lowest BCUT2D eigenvalue weighted by Crippen LogP contribution is -2.54. The van der Waals surface area contributed by atoms with E-state index in [1.54, 1.807) is 18.7 Å². The SMILES string of the molecule is CCSCCC(CN)N1CCSCC1S(=O)(=O)CC. The minimum absolute atomic E-state index is 0.200. The first-order valence-corrected chi connectivity index (χ1v) is 10.9. The second kappa shape index (κ2) is 8.77. The van der Waals surface area contributed by atoms with Gasteiger partial charge in [-0.3, -0.25) is 4.90 Å². The summed E-state index contributed by atoms with van der Waals surface area (Å²) in [5.41, 5.74) is 5.88. The first-order chi connectivity index (χ1) is 9.06. The Morgan fingerprint density at radius 2 is 2.21 bits per heavy atom. The highest BCUT2D eigenvalue weighted by molar-refractivity contribution is 8.01. The predicted octanol–water partition coefficient (Wildman–Crippen LogP) is 1.27. The summed E-state index contributed by atoms with van der Waals surface area (Å²) >= 11 is 3.63. The van der Waals surface area contributed by atoms with Gasteiger partial charge in [0, 0.05) is 36.4 Å². The van der Waals surface area contributed by atoms with Crippen LogP contribution in [0.2, 0.25) is 0 Å². The molecule has 2 unspecified atom stereocenters. The van der Waals surface area contributed by atoms with E-state index >= 15 is 0 Å². The van der Waals surface area contributed by atoms with Crippen LogP contribution in [0.15, 0.2) is 0 Å². The van der Waals surface area contributed by atoms with E-state index in [1.165, 1.54) is 0 Å². The van der Waals surface area contributed by atoms with Crippen molar-refractivity contribution in [3.63, 3.8) is 0 Å². The van der Waals surface area contributed by atoms with E-state index in [4.69, 9.17) is 5.73 Å². The summed E-state index contributed by atoms with van der Waals surface area (Å²) in [6.07, 6.45) is 0.982. The number of rotatable bonds is 8. The Morgan fingerprint density at radius 1 is 1.47 bits per heavy atom. The Hall–Kier alpha value is 0.570. The number of sulfone groups is 1. The molecule has 1 rings (SSSR count). The minimum Gasteiger partial charge on any atom is -0.329 e. The van der Waals surface area contributed by atoms with Crippen LogP contribution in [0.25, 0.3) is 0 Å². The van der Waals surface area contributed by atoms with E-state index in [0.29, 0.717) is 12.3 Å². The van der Waals surface area contributed by atoms with E-state index in [1.807, 2.05) is 11.8 Å². The lowest BCUT2D eigenvalue weighted by Gasteiger charge is -2.40. The third-order valence-corrected chi connectivity index (χ3v) is 7.72. The van der Waals surface area contributed by atoms with Crippen LogP contribution in [0, 0.1) is 0 Å². The van der Waals surface area contributed by atoms with E-state index in [2.05, 4.69) is 11.8 Å². The molecule has 4 nitrogen and oxygen atoms in total. The molecule has 0 radical (unpaired) electrons. The lowest BCUT2D eigenvalue weighted by atomic mass is 10.2. The van der Waals surface area contributed by atoms with Crippen LogP contribution in [0.3, 0.4) is 0 Å². The molecule has 1 aliphatic rings. The monoisotopic (exact) mass is 326 g/mol. The molecule has 0 aromatic heterocycles. The van der Waals surface area contributed by atoms with Gasteiger partial charge in [0.2, 0.25) is 0 Å². The Balaban J connectivity index is 2.73. The summed E-state index contributed by atoms with van der Waals surface area (Å²) in [4.78, 5) is 2.14. The first-order valence-electron chi connectivity index (χ1n) is 6.89.